The van der Waals surface area contributed by atoms with Crippen LogP contribution in [-0.2, 0) is 9.53 Å². The monoisotopic (exact) mass is 381 g/mol. The maximum atomic E-state index is 13.0. The number of rotatable bonds is 3. The van der Waals surface area contributed by atoms with Crippen LogP contribution in [-0.4, -0.2) is 78.1 Å². The van der Waals surface area contributed by atoms with E-state index in [1.165, 1.54) is 6.42 Å². The van der Waals surface area contributed by atoms with Gasteiger partial charge in [0.1, 0.15) is 5.60 Å². The molecular formula is C21H39N3O3. The van der Waals surface area contributed by atoms with Crippen molar-refractivity contribution in [1.82, 2.24) is 14.7 Å². The highest BCUT2D eigenvalue weighted by Crippen LogP contribution is 2.23. The zero-order valence-electron chi connectivity index (χ0n) is 18.2. The Kier molecular flexibility index (Phi) is 7.17. The maximum Gasteiger partial charge on any atom is 0.410 e. The van der Waals surface area contributed by atoms with Gasteiger partial charge in [-0.05, 0) is 52.0 Å². The van der Waals surface area contributed by atoms with Crippen LogP contribution >= 0.6 is 0 Å². The fourth-order valence-corrected chi connectivity index (χ4v) is 3.61. The van der Waals surface area contributed by atoms with Crippen LogP contribution in [0.3, 0.4) is 0 Å². The summed E-state index contributed by atoms with van der Waals surface area (Å²) in [6, 6.07) is 0. The van der Waals surface area contributed by atoms with E-state index in [0.29, 0.717) is 18.5 Å². The van der Waals surface area contributed by atoms with Crippen molar-refractivity contribution in [3.05, 3.63) is 0 Å². The molecule has 2 aliphatic heterocycles. The van der Waals surface area contributed by atoms with Gasteiger partial charge in [-0.15, -0.1) is 0 Å². The third-order valence-corrected chi connectivity index (χ3v) is 5.28. The zero-order valence-corrected chi connectivity index (χ0v) is 18.2. The van der Waals surface area contributed by atoms with E-state index in [1.54, 1.807) is 4.90 Å². The van der Waals surface area contributed by atoms with Crippen molar-refractivity contribution in [3.63, 3.8) is 0 Å². The first-order chi connectivity index (χ1) is 12.4. The van der Waals surface area contributed by atoms with Gasteiger partial charge in [-0.2, -0.15) is 0 Å². The molecule has 27 heavy (non-hydrogen) atoms. The molecule has 1 unspecified atom stereocenters. The largest absolute Gasteiger partial charge is 0.444 e. The topological polar surface area (TPSA) is 53.1 Å². The lowest BCUT2D eigenvalue weighted by Gasteiger charge is -2.39. The Bertz CT molecular complexity index is 514. The molecule has 0 N–H and O–H groups in total. The number of piperazine rings is 1. The van der Waals surface area contributed by atoms with Crippen LogP contribution in [0.4, 0.5) is 4.79 Å². The van der Waals surface area contributed by atoms with Crippen molar-refractivity contribution >= 4 is 12.0 Å². The molecular weight excluding hydrogens is 342 g/mol. The van der Waals surface area contributed by atoms with Crippen LogP contribution in [0.15, 0.2) is 0 Å². The molecule has 1 atom stereocenters. The summed E-state index contributed by atoms with van der Waals surface area (Å²) in [5.74, 6) is 0.117. The van der Waals surface area contributed by atoms with Gasteiger partial charge in [-0.3, -0.25) is 9.69 Å². The molecule has 2 aliphatic rings. The van der Waals surface area contributed by atoms with Crippen LogP contribution in [0.25, 0.3) is 0 Å². The number of carbonyl (C=O) groups is 2. The van der Waals surface area contributed by atoms with Gasteiger partial charge in [0.05, 0.1) is 5.92 Å². The van der Waals surface area contributed by atoms with Crippen molar-refractivity contribution < 1.29 is 14.3 Å². The lowest BCUT2D eigenvalue weighted by Crippen LogP contribution is -2.53. The fraction of sp³-hybridized carbons (Fsp3) is 0.905. The SMILES string of the molecule is CC(C)(C)CCN1CCN(C(=O)C2CCCN(C(=O)OC(C)(C)C)C2)CC1. The number of piperidine rings is 1. The van der Waals surface area contributed by atoms with Gasteiger partial charge in [0, 0.05) is 39.3 Å². The van der Waals surface area contributed by atoms with Crippen molar-refractivity contribution in [2.45, 2.75) is 66.4 Å². The van der Waals surface area contributed by atoms with Crippen LogP contribution in [0.1, 0.15) is 60.8 Å². The quantitative estimate of drug-likeness (QED) is 0.753. The molecule has 6 nitrogen and oxygen atoms in total. The standard InChI is InChI=1S/C21H39N3O3/c1-20(2,3)9-11-22-12-14-23(15-13-22)18(25)17-8-7-10-24(16-17)19(26)27-21(4,5)6/h17H,7-16H2,1-6H3. The van der Waals surface area contributed by atoms with E-state index in [9.17, 15) is 9.59 Å². The molecule has 0 spiro atoms. The zero-order chi connectivity index (χ0) is 20.2. The molecule has 0 aromatic carbocycles. The summed E-state index contributed by atoms with van der Waals surface area (Å²) in [7, 11) is 0. The minimum absolute atomic E-state index is 0.0904. The second kappa shape index (κ2) is 8.80. The number of amides is 2. The summed E-state index contributed by atoms with van der Waals surface area (Å²) in [6.45, 7) is 18.2. The van der Waals surface area contributed by atoms with Crippen LogP contribution in [0.2, 0.25) is 0 Å². The number of hydrogen-bond donors (Lipinski definition) is 0. The Morgan fingerprint density at radius 1 is 0.926 bits per heavy atom. The van der Waals surface area contributed by atoms with Crippen molar-refractivity contribution in [2.75, 3.05) is 45.8 Å². The molecule has 0 aliphatic carbocycles. The minimum Gasteiger partial charge on any atom is -0.444 e. The average molecular weight is 382 g/mol. The van der Waals surface area contributed by atoms with Gasteiger partial charge >= 0.3 is 6.09 Å². The highest BCUT2D eigenvalue weighted by molar-refractivity contribution is 5.80. The van der Waals surface area contributed by atoms with E-state index in [0.717, 1.165) is 45.6 Å². The molecule has 2 rings (SSSR count). The van der Waals surface area contributed by atoms with Gasteiger partial charge in [-0.25, -0.2) is 4.79 Å². The predicted molar refractivity (Wildman–Crippen MR) is 108 cm³/mol. The Hall–Kier alpha value is -1.30. The first kappa shape index (κ1) is 22.0. The third-order valence-electron chi connectivity index (χ3n) is 5.28. The van der Waals surface area contributed by atoms with E-state index in [4.69, 9.17) is 4.74 Å². The van der Waals surface area contributed by atoms with E-state index in [-0.39, 0.29) is 17.9 Å². The molecule has 2 fully saturated rings. The third kappa shape index (κ3) is 7.32. The van der Waals surface area contributed by atoms with E-state index in [1.807, 2.05) is 25.7 Å². The minimum atomic E-state index is -0.503. The van der Waals surface area contributed by atoms with E-state index in [2.05, 4.69) is 25.7 Å². The predicted octanol–water partition coefficient (Wildman–Crippen LogP) is 3.21. The Labute approximate surface area is 165 Å². The first-order valence-corrected chi connectivity index (χ1v) is 10.4. The van der Waals surface area contributed by atoms with Gasteiger partial charge < -0.3 is 14.5 Å². The summed E-state index contributed by atoms with van der Waals surface area (Å²) < 4.78 is 5.47. The highest BCUT2D eigenvalue weighted by Gasteiger charge is 2.34. The van der Waals surface area contributed by atoms with Gasteiger partial charge in [0.2, 0.25) is 5.91 Å². The van der Waals surface area contributed by atoms with Gasteiger partial charge in [-0.1, -0.05) is 20.8 Å². The van der Waals surface area contributed by atoms with Crippen LogP contribution in [0.5, 0.6) is 0 Å². The molecule has 0 radical (unpaired) electrons. The molecule has 0 saturated carbocycles. The van der Waals surface area contributed by atoms with Crippen LogP contribution < -0.4 is 0 Å². The van der Waals surface area contributed by atoms with Crippen LogP contribution in [0, 0.1) is 11.3 Å². The second-order valence-corrected chi connectivity index (χ2v) is 10.2. The highest BCUT2D eigenvalue weighted by atomic mass is 16.6. The van der Waals surface area contributed by atoms with Crippen molar-refractivity contribution in [2.24, 2.45) is 11.3 Å². The lowest BCUT2D eigenvalue weighted by atomic mass is 9.92. The summed E-state index contributed by atoms with van der Waals surface area (Å²) >= 11 is 0. The van der Waals surface area contributed by atoms with Crippen molar-refractivity contribution in [3.8, 4) is 0 Å². The number of carbonyl (C=O) groups excluding carboxylic acids is 2. The molecule has 2 amide bonds. The van der Waals surface area contributed by atoms with Crippen molar-refractivity contribution in [1.29, 1.82) is 0 Å². The normalized spacial score (nSPS) is 22.7. The van der Waals surface area contributed by atoms with Gasteiger partial charge in [0.25, 0.3) is 0 Å². The number of ether oxygens (including phenoxy) is 1. The molecule has 0 aromatic rings. The van der Waals surface area contributed by atoms with Gasteiger partial charge in [0.15, 0.2) is 0 Å². The smallest absolute Gasteiger partial charge is 0.410 e. The Morgan fingerprint density at radius 3 is 2.11 bits per heavy atom. The molecule has 156 valence electrons. The second-order valence-electron chi connectivity index (χ2n) is 10.2. The molecule has 2 heterocycles. The summed E-state index contributed by atoms with van der Waals surface area (Å²) in [5.41, 5.74) is -0.155. The van der Waals surface area contributed by atoms with E-state index >= 15 is 0 Å². The molecule has 0 bridgehead atoms. The summed E-state index contributed by atoms with van der Waals surface area (Å²) in [6.07, 6.45) is 2.60. The molecule has 0 aromatic heterocycles. The number of hydrogen-bond acceptors (Lipinski definition) is 4. The Morgan fingerprint density at radius 2 is 1.56 bits per heavy atom. The summed E-state index contributed by atoms with van der Waals surface area (Å²) in [4.78, 5) is 31.4. The van der Waals surface area contributed by atoms with E-state index < -0.39 is 5.60 Å². The Balaban J connectivity index is 1.81. The average Bonchev–Trinajstić information content (AvgIpc) is 2.58. The number of nitrogens with zero attached hydrogens (tertiary/aromatic N) is 3. The molecule has 2 saturated heterocycles. The first-order valence-electron chi connectivity index (χ1n) is 10.4. The maximum absolute atomic E-state index is 13.0. The molecule has 6 heteroatoms. The summed E-state index contributed by atoms with van der Waals surface area (Å²) in [5, 5.41) is 0. The number of likely N-dealkylation sites (tertiary alicyclic amines) is 1. The fourth-order valence-electron chi connectivity index (χ4n) is 3.61. The lowest BCUT2D eigenvalue weighted by molar-refractivity contribution is -0.139.